The Morgan fingerprint density at radius 3 is 2.40 bits per heavy atom. The lowest BCUT2D eigenvalue weighted by molar-refractivity contribution is 0.122. The standard InChI is InChI=1S/C17H19N5O3/c1-23-13-7-12(8-14(9-13)24-2)21-16-15(10-18)17(20-11-19-16)22-3-5-25-6-4-22/h7-9,11H,3-6H2,1-2H3,(H,19,20,21). The Balaban J connectivity index is 1.94. The lowest BCUT2D eigenvalue weighted by Crippen LogP contribution is -2.37. The average Bonchev–Trinajstić information content (AvgIpc) is 2.68. The number of hydrogen-bond donors (Lipinski definition) is 1. The van der Waals surface area contributed by atoms with Crippen LogP contribution in [0, 0.1) is 11.3 Å². The van der Waals surface area contributed by atoms with Gasteiger partial charge in [-0.2, -0.15) is 5.26 Å². The Morgan fingerprint density at radius 1 is 1.12 bits per heavy atom. The highest BCUT2D eigenvalue weighted by molar-refractivity contribution is 5.71. The molecule has 1 N–H and O–H groups in total. The molecule has 1 aliphatic heterocycles. The first kappa shape index (κ1) is 16.8. The number of anilines is 3. The van der Waals surface area contributed by atoms with E-state index in [9.17, 15) is 5.26 Å². The van der Waals surface area contributed by atoms with E-state index in [2.05, 4.69) is 21.4 Å². The van der Waals surface area contributed by atoms with Crippen LogP contribution in [0.3, 0.4) is 0 Å². The zero-order valence-electron chi connectivity index (χ0n) is 14.2. The van der Waals surface area contributed by atoms with Gasteiger partial charge in [0, 0.05) is 37.0 Å². The van der Waals surface area contributed by atoms with E-state index in [1.165, 1.54) is 6.33 Å². The van der Waals surface area contributed by atoms with Gasteiger partial charge in [-0.25, -0.2) is 9.97 Å². The van der Waals surface area contributed by atoms with Crippen LogP contribution in [0.15, 0.2) is 24.5 Å². The molecule has 0 spiro atoms. The summed E-state index contributed by atoms with van der Waals surface area (Å²) in [6.07, 6.45) is 1.45. The molecule has 25 heavy (non-hydrogen) atoms. The number of rotatable bonds is 5. The van der Waals surface area contributed by atoms with Crippen LogP contribution in [-0.2, 0) is 4.74 Å². The van der Waals surface area contributed by atoms with Crippen molar-refractivity contribution >= 4 is 17.3 Å². The van der Waals surface area contributed by atoms with Gasteiger partial charge in [-0.15, -0.1) is 0 Å². The van der Waals surface area contributed by atoms with E-state index in [0.717, 1.165) is 0 Å². The zero-order chi connectivity index (χ0) is 17.6. The first-order valence-electron chi connectivity index (χ1n) is 7.83. The highest BCUT2D eigenvalue weighted by Gasteiger charge is 2.19. The van der Waals surface area contributed by atoms with Crippen LogP contribution in [0.4, 0.5) is 17.3 Å². The van der Waals surface area contributed by atoms with Gasteiger partial charge < -0.3 is 24.4 Å². The molecule has 8 nitrogen and oxygen atoms in total. The highest BCUT2D eigenvalue weighted by Crippen LogP contribution is 2.30. The second kappa shape index (κ2) is 7.68. The number of hydrogen-bond acceptors (Lipinski definition) is 8. The normalized spacial score (nSPS) is 13.9. The molecule has 0 amide bonds. The average molecular weight is 341 g/mol. The molecule has 1 aliphatic rings. The molecule has 1 aromatic carbocycles. The summed E-state index contributed by atoms with van der Waals surface area (Å²) in [6, 6.07) is 7.59. The highest BCUT2D eigenvalue weighted by atomic mass is 16.5. The molecule has 130 valence electrons. The van der Waals surface area contributed by atoms with Crippen molar-refractivity contribution in [1.29, 1.82) is 5.26 Å². The second-order valence-corrected chi connectivity index (χ2v) is 5.36. The number of nitrogens with zero attached hydrogens (tertiary/aromatic N) is 4. The van der Waals surface area contributed by atoms with E-state index in [4.69, 9.17) is 14.2 Å². The maximum absolute atomic E-state index is 9.63. The molecule has 8 heteroatoms. The summed E-state index contributed by atoms with van der Waals surface area (Å²) in [5.74, 6) is 2.33. The summed E-state index contributed by atoms with van der Waals surface area (Å²) in [7, 11) is 3.17. The molecule has 0 saturated carbocycles. The summed E-state index contributed by atoms with van der Waals surface area (Å²) in [4.78, 5) is 10.5. The van der Waals surface area contributed by atoms with Crippen LogP contribution in [0.5, 0.6) is 11.5 Å². The van der Waals surface area contributed by atoms with Crippen molar-refractivity contribution in [3.63, 3.8) is 0 Å². The number of aromatic nitrogens is 2. The van der Waals surface area contributed by atoms with Crippen LogP contribution < -0.4 is 19.7 Å². The van der Waals surface area contributed by atoms with E-state index < -0.39 is 0 Å². The number of nitriles is 1. The van der Waals surface area contributed by atoms with Gasteiger partial charge in [0.2, 0.25) is 0 Å². The second-order valence-electron chi connectivity index (χ2n) is 5.36. The largest absolute Gasteiger partial charge is 0.497 e. The summed E-state index contributed by atoms with van der Waals surface area (Å²) >= 11 is 0. The summed E-state index contributed by atoms with van der Waals surface area (Å²) < 4.78 is 15.9. The summed E-state index contributed by atoms with van der Waals surface area (Å²) in [6.45, 7) is 2.62. The molecule has 0 atom stereocenters. The molecule has 1 aromatic heterocycles. The molecule has 2 aromatic rings. The monoisotopic (exact) mass is 341 g/mol. The third-order valence-corrected chi connectivity index (χ3v) is 3.86. The Morgan fingerprint density at radius 2 is 1.80 bits per heavy atom. The quantitative estimate of drug-likeness (QED) is 0.882. The van der Waals surface area contributed by atoms with Gasteiger partial charge in [0.15, 0.2) is 11.6 Å². The van der Waals surface area contributed by atoms with Crippen molar-refractivity contribution in [1.82, 2.24) is 9.97 Å². The molecule has 3 rings (SSSR count). The number of morpholine rings is 1. The third kappa shape index (κ3) is 3.72. The van der Waals surface area contributed by atoms with Crippen molar-refractivity contribution in [3.8, 4) is 17.6 Å². The Bertz CT molecular complexity index is 762. The Kier molecular flexibility index (Phi) is 5.16. The van der Waals surface area contributed by atoms with Crippen molar-refractivity contribution in [3.05, 3.63) is 30.1 Å². The van der Waals surface area contributed by atoms with Gasteiger partial charge in [-0.05, 0) is 0 Å². The van der Waals surface area contributed by atoms with Gasteiger partial charge in [0.05, 0.1) is 27.4 Å². The van der Waals surface area contributed by atoms with Crippen molar-refractivity contribution in [2.75, 3.05) is 50.7 Å². The maximum atomic E-state index is 9.63. The zero-order valence-corrected chi connectivity index (χ0v) is 14.2. The first-order chi connectivity index (χ1) is 12.2. The fraction of sp³-hybridized carbons (Fsp3) is 0.353. The van der Waals surface area contributed by atoms with Gasteiger partial charge in [0.1, 0.15) is 29.5 Å². The van der Waals surface area contributed by atoms with Crippen LogP contribution in [-0.4, -0.2) is 50.5 Å². The molecule has 0 radical (unpaired) electrons. The van der Waals surface area contributed by atoms with Gasteiger partial charge in [-0.1, -0.05) is 0 Å². The minimum atomic E-state index is 0.395. The SMILES string of the molecule is COc1cc(Nc2ncnc(N3CCOCC3)c2C#N)cc(OC)c1. The van der Waals surface area contributed by atoms with Gasteiger partial charge in [-0.3, -0.25) is 0 Å². The Labute approximate surface area is 146 Å². The van der Waals surface area contributed by atoms with Crippen LogP contribution >= 0.6 is 0 Å². The maximum Gasteiger partial charge on any atom is 0.154 e. The molecule has 0 aliphatic carbocycles. The van der Waals surface area contributed by atoms with E-state index in [0.29, 0.717) is 60.7 Å². The fourth-order valence-electron chi connectivity index (χ4n) is 2.61. The van der Waals surface area contributed by atoms with E-state index in [-0.39, 0.29) is 0 Å². The lowest BCUT2D eigenvalue weighted by atomic mass is 10.2. The molecular weight excluding hydrogens is 322 g/mol. The summed E-state index contributed by atoms with van der Waals surface area (Å²) in [5, 5.41) is 12.8. The molecule has 1 fully saturated rings. The number of ether oxygens (including phenoxy) is 3. The Hall–Kier alpha value is -3.05. The first-order valence-corrected chi connectivity index (χ1v) is 7.83. The van der Waals surface area contributed by atoms with E-state index in [1.54, 1.807) is 32.4 Å². The van der Waals surface area contributed by atoms with E-state index >= 15 is 0 Å². The van der Waals surface area contributed by atoms with Crippen LogP contribution in [0.25, 0.3) is 0 Å². The third-order valence-electron chi connectivity index (χ3n) is 3.86. The molecule has 0 bridgehead atoms. The molecule has 0 unspecified atom stereocenters. The number of methoxy groups -OCH3 is 2. The van der Waals surface area contributed by atoms with Crippen molar-refractivity contribution in [2.45, 2.75) is 0 Å². The molecular formula is C17H19N5O3. The molecule has 1 saturated heterocycles. The molecule has 2 heterocycles. The minimum absolute atomic E-state index is 0.395. The lowest BCUT2D eigenvalue weighted by Gasteiger charge is -2.28. The predicted molar refractivity (Wildman–Crippen MR) is 92.6 cm³/mol. The fourth-order valence-corrected chi connectivity index (χ4v) is 2.61. The topological polar surface area (TPSA) is 92.5 Å². The van der Waals surface area contributed by atoms with Crippen LogP contribution in [0.1, 0.15) is 5.56 Å². The van der Waals surface area contributed by atoms with Gasteiger partial charge >= 0.3 is 0 Å². The smallest absolute Gasteiger partial charge is 0.154 e. The van der Waals surface area contributed by atoms with E-state index in [1.807, 2.05) is 4.90 Å². The minimum Gasteiger partial charge on any atom is -0.497 e. The van der Waals surface area contributed by atoms with Crippen molar-refractivity contribution < 1.29 is 14.2 Å². The summed E-state index contributed by atoms with van der Waals surface area (Å²) in [5.41, 5.74) is 1.10. The van der Waals surface area contributed by atoms with Crippen LogP contribution in [0.2, 0.25) is 0 Å². The van der Waals surface area contributed by atoms with Crippen molar-refractivity contribution in [2.24, 2.45) is 0 Å². The van der Waals surface area contributed by atoms with Gasteiger partial charge in [0.25, 0.3) is 0 Å². The number of benzene rings is 1. The predicted octanol–water partition coefficient (Wildman–Crippen LogP) is 1.95. The number of nitrogens with one attached hydrogen (secondary N) is 1.